The topological polar surface area (TPSA) is 199 Å². The number of rotatable bonds is 14. The van der Waals surface area contributed by atoms with Crippen LogP contribution in [0.2, 0.25) is 10.3 Å². The van der Waals surface area contributed by atoms with Crippen molar-refractivity contribution in [1.82, 2.24) is 34.8 Å². The number of hydrogen-bond acceptors (Lipinski definition) is 12. The van der Waals surface area contributed by atoms with Gasteiger partial charge in [-0.3, -0.25) is 19.4 Å². The number of anilines is 2. The highest BCUT2D eigenvalue weighted by atomic mass is 35.5. The number of carbonyl (C=O) groups is 1. The number of fused-ring (bicyclic) bond motifs is 2. The molecule has 412 valence electrons. The van der Waals surface area contributed by atoms with E-state index in [1.807, 2.05) is 63.4 Å². The number of halogens is 4. The van der Waals surface area contributed by atoms with Gasteiger partial charge in [0, 0.05) is 49.0 Å². The zero-order valence-corrected chi connectivity index (χ0v) is 46.9. The predicted octanol–water partition coefficient (Wildman–Crippen LogP) is 13.7. The van der Waals surface area contributed by atoms with Gasteiger partial charge in [0.2, 0.25) is 0 Å². The van der Waals surface area contributed by atoms with Gasteiger partial charge in [0.25, 0.3) is 20.0 Å². The van der Waals surface area contributed by atoms with Gasteiger partial charge in [-0.1, -0.05) is 67.4 Å². The van der Waals surface area contributed by atoms with Crippen LogP contribution in [-0.2, 0) is 37.6 Å². The van der Waals surface area contributed by atoms with Crippen molar-refractivity contribution in [2.75, 3.05) is 22.5 Å². The Morgan fingerprint density at radius 3 is 1.51 bits per heavy atom. The normalized spacial score (nSPS) is 15.3. The van der Waals surface area contributed by atoms with E-state index in [4.69, 9.17) is 37.9 Å². The van der Waals surface area contributed by atoms with E-state index in [1.165, 1.54) is 56.4 Å². The number of nitrogens with zero attached hydrogens (tertiary/aromatic N) is 7. The van der Waals surface area contributed by atoms with Gasteiger partial charge in [-0.15, -0.1) is 0 Å². The zero-order valence-electron chi connectivity index (χ0n) is 43.8. The summed E-state index contributed by atoms with van der Waals surface area (Å²) in [4.78, 5) is 41.3. The third-order valence-corrected chi connectivity index (χ3v) is 17.1. The molecule has 15 nitrogen and oxygen atoms in total. The third-order valence-electron chi connectivity index (χ3n) is 13.8. The van der Waals surface area contributed by atoms with Gasteiger partial charge >= 0.3 is 6.09 Å². The van der Waals surface area contributed by atoms with E-state index in [0.29, 0.717) is 35.7 Å². The Balaban J connectivity index is 0.000000195. The average molecular weight is 1150 g/mol. The largest absolute Gasteiger partial charge is 0.444 e. The van der Waals surface area contributed by atoms with Crippen LogP contribution in [0.15, 0.2) is 132 Å². The van der Waals surface area contributed by atoms with Crippen molar-refractivity contribution < 1.29 is 35.1 Å². The summed E-state index contributed by atoms with van der Waals surface area (Å²) in [6.45, 7) is 6.98. The molecule has 1 unspecified atom stereocenters. The van der Waals surface area contributed by atoms with E-state index in [-0.39, 0.29) is 37.6 Å². The summed E-state index contributed by atoms with van der Waals surface area (Å²) < 4.78 is 88.2. The van der Waals surface area contributed by atoms with Gasteiger partial charge in [-0.25, -0.2) is 50.3 Å². The minimum atomic E-state index is -4.02. The molecular weight excluding hydrogens is 1090 g/mol. The lowest BCUT2D eigenvalue weighted by atomic mass is 9.86. The summed E-state index contributed by atoms with van der Waals surface area (Å²) >= 11 is 12.4. The predicted molar refractivity (Wildman–Crippen MR) is 304 cm³/mol. The fraction of sp³-hybridized carbons (Fsp3) is 0.328. The first-order valence-corrected chi connectivity index (χ1v) is 29.8. The third kappa shape index (κ3) is 15.1. The van der Waals surface area contributed by atoms with E-state index in [1.54, 1.807) is 35.6 Å². The first-order valence-electron chi connectivity index (χ1n) is 26.1. The van der Waals surface area contributed by atoms with Crippen molar-refractivity contribution in [2.24, 2.45) is 11.8 Å². The number of pyridine rings is 2. The van der Waals surface area contributed by atoms with E-state index < -0.39 is 37.3 Å². The second-order valence-corrected chi connectivity index (χ2v) is 25.0. The van der Waals surface area contributed by atoms with Crippen LogP contribution < -0.4 is 9.44 Å². The van der Waals surface area contributed by atoms with Crippen LogP contribution in [0.3, 0.4) is 0 Å². The Hall–Kier alpha value is -6.93. The number of amides is 1. The maximum Gasteiger partial charge on any atom is 0.410 e. The van der Waals surface area contributed by atoms with Gasteiger partial charge in [0.05, 0.1) is 54.6 Å². The van der Waals surface area contributed by atoms with Gasteiger partial charge in [0.1, 0.15) is 17.2 Å². The van der Waals surface area contributed by atoms with Crippen LogP contribution in [0.25, 0.3) is 44.3 Å². The molecule has 5 heterocycles. The summed E-state index contributed by atoms with van der Waals surface area (Å²) in [5.74, 6) is 0.0661. The van der Waals surface area contributed by atoms with Crippen LogP contribution in [0.1, 0.15) is 89.9 Å². The fourth-order valence-electron chi connectivity index (χ4n) is 9.66. The molecule has 4 aromatic heterocycles. The molecule has 1 amide bonds. The molecule has 79 heavy (non-hydrogen) atoms. The number of aromatic nitrogens is 6. The summed E-state index contributed by atoms with van der Waals surface area (Å²) in [7, 11) is -7.99. The Morgan fingerprint density at radius 2 is 1.04 bits per heavy atom. The fourth-order valence-corrected chi connectivity index (χ4v) is 12.2. The monoisotopic (exact) mass is 1150 g/mol. The lowest BCUT2D eigenvalue weighted by molar-refractivity contribution is 0.0162. The van der Waals surface area contributed by atoms with E-state index in [0.717, 1.165) is 108 Å². The summed E-state index contributed by atoms with van der Waals surface area (Å²) in [5, 5.41) is -0.0136. The highest BCUT2D eigenvalue weighted by molar-refractivity contribution is 7.93. The summed E-state index contributed by atoms with van der Waals surface area (Å²) in [5.41, 5.74) is 7.38. The molecule has 0 bridgehead atoms. The van der Waals surface area contributed by atoms with Crippen LogP contribution in [0.4, 0.5) is 25.0 Å². The van der Waals surface area contributed by atoms with Crippen molar-refractivity contribution >= 4 is 82.8 Å². The minimum absolute atomic E-state index is 0.00927. The highest BCUT2D eigenvalue weighted by Crippen LogP contribution is 2.33. The number of carbonyl (C=O) groups excluding carboxylic acids is 1. The molecule has 1 atom stereocenters. The standard InChI is InChI=1S/C31H33ClFN5O4S.C27H26ClFN4O2S/c1-31(2,3)42-30(39)38-14-4-5-20(19-38)6-10-24-18-34-26-13-7-21(15-27(26)36-24)22-16-28(29(32)35-17-22)37-43(40,41)25-11-8-23(33)9-12-25;28-27-26(33-36(34,35)23-11-8-21(29)9-12-23)15-20(16-31-27)19-7-13-24-25(14-19)32-22(17-30-24)10-6-18-4-2-1-3-5-18/h7-9,11-13,15-18,20,37H,4-6,10,14,19H2,1-3H3;7-9,11-18,33H,1-6,10H2. The molecule has 2 aliphatic rings. The van der Waals surface area contributed by atoms with Crippen molar-refractivity contribution in [2.45, 2.75) is 107 Å². The lowest BCUT2D eigenvalue weighted by Gasteiger charge is -2.34. The van der Waals surface area contributed by atoms with Gasteiger partial charge in [-0.05, 0) is 167 Å². The molecule has 2 fully saturated rings. The molecule has 21 heteroatoms. The molecule has 1 saturated carbocycles. The van der Waals surface area contributed by atoms with Gasteiger partial charge < -0.3 is 9.64 Å². The SMILES string of the molecule is CC(C)(C)OC(=O)N1CCCC(CCc2cnc3ccc(-c4cnc(Cl)c(NS(=O)(=O)c5ccc(F)cc5)c4)cc3n2)C1.O=S(=O)(Nc1cc(-c2ccc3ncc(CCC4CCCCC4)nc3c2)cnc1Cl)c1ccc(F)cc1. The Labute approximate surface area is 468 Å². The smallest absolute Gasteiger partial charge is 0.410 e. The zero-order chi connectivity index (χ0) is 55.9. The molecule has 2 N–H and O–H groups in total. The first-order chi connectivity index (χ1) is 37.7. The van der Waals surface area contributed by atoms with Gasteiger partial charge in [-0.2, -0.15) is 0 Å². The van der Waals surface area contributed by atoms with Crippen molar-refractivity contribution in [3.8, 4) is 22.3 Å². The molecule has 10 rings (SSSR count). The Kier molecular flexibility index (Phi) is 17.7. The second-order valence-electron chi connectivity index (χ2n) is 20.9. The molecule has 1 aliphatic heterocycles. The quantitative estimate of drug-likeness (QED) is 0.0978. The lowest BCUT2D eigenvalue weighted by Crippen LogP contribution is -2.43. The maximum atomic E-state index is 13.3. The summed E-state index contributed by atoms with van der Waals surface area (Å²) in [6, 6.07) is 23.5. The number of sulfonamides is 2. The van der Waals surface area contributed by atoms with E-state index in [2.05, 4.69) is 29.4 Å². The molecule has 0 radical (unpaired) electrons. The number of likely N-dealkylation sites (tertiary alicyclic amines) is 1. The molecule has 1 saturated heterocycles. The van der Waals surface area contributed by atoms with Crippen molar-refractivity contribution in [3.63, 3.8) is 0 Å². The molecule has 0 spiro atoms. The van der Waals surface area contributed by atoms with Crippen molar-refractivity contribution in [1.29, 1.82) is 0 Å². The Morgan fingerprint density at radius 1 is 0.582 bits per heavy atom. The molecular formula is C58H59Cl2F2N9O6S2. The van der Waals surface area contributed by atoms with Crippen LogP contribution in [0.5, 0.6) is 0 Å². The number of hydrogen-bond donors (Lipinski definition) is 2. The van der Waals surface area contributed by atoms with Crippen LogP contribution in [-0.4, -0.2) is 76.4 Å². The molecule has 4 aromatic carbocycles. The van der Waals surface area contributed by atoms with Crippen LogP contribution >= 0.6 is 23.2 Å². The number of ether oxygens (including phenoxy) is 1. The molecule has 1 aliphatic carbocycles. The highest BCUT2D eigenvalue weighted by Gasteiger charge is 2.28. The van der Waals surface area contributed by atoms with E-state index >= 15 is 0 Å². The maximum absolute atomic E-state index is 13.3. The Bertz CT molecular complexity index is 3720. The summed E-state index contributed by atoms with van der Waals surface area (Å²) in [6.07, 6.45) is 18.8. The van der Waals surface area contributed by atoms with Gasteiger partial charge in [0.15, 0.2) is 10.3 Å². The number of benzene rings is 4. The first kappa shape index (κ1) is 56.8. The number of nitrogens with one attached hydrogen (secondary N) is 2. The van der Waals surface area contributed by atoms with Crippen molar-refractivity contribution in [3.05, 3.63) is 155 Å². The second kappa shape index (κ2) is 24.6. The average Bonchev–Trinajstić information content (AvgIpc) is 3.43. The van der Waals surface area contributed by atoms with E-state index in [9.17, 15) is 30.4 Å². The number of aryl methyl sites for hydroxylation is 2. The number of piperidine rings is 1. The molecule has 8 aromatic rings. The minimum Gasteiger partial charge on any atom is -0.444 e. The van der Waals surface area contributed by atoms with Crippen LogP contribution in [0, 0.1) is 23.5 Å².